The summed E-state index contributed by atoms with van der Waals surface area (Å²) in [5.74, 6) is 0.160. The van der Waals surface area contributed by atoms with Gasteiger partial charge in [0, 0.05) is 17.7 Å². The number of hydrogen-bond acceptors (Lipinski definition) is 7. The summed E-state index contributed by atoms with van der Waals surface area (Å²) in [5.41, 5.74) is 1.98. The first kappa shape index (κ1) is 18.0. The van der Waals surface area contributed by atoms with Crippen molar-refractivity contribution in [2.24, 2.45) is 0 Å². The fraction of sp³-hybridized carbons (Fsp3) is 0. The average molecular weight is 388 g/mol. The number of non-ortho nitro benzene ring substituents is 2. The summed E-state index contributed by atoms with van der Waals surface area (Å²) in [6.07, 6.45) is 0. The third kappa shape index (κ3) is 3.69. The molecule has 0 aliphatic carbocycles. The molecule has 3 aromatic carbocycles. The first-order chi connectivity index (χ1) is 14.0. The van der Waals surface area contributed by atoms with Gasteiger partial charge in [0.15, 0.2) is 0 Å². The van der Waals surface area contributed by atoms with Crippen LogP contribution in [0, 0.1) is 20.2 Å². The SMILES string of the molecule is O=[N+]([O-])c1cc(-c2nnc(-c3ccc(-c4ccccc4)cc3)o2)cc([N+](=O)[O-])c1. The summed E-state index contributed by atoms with van der Waals surface area (Å²) in [5, 5.41) is 29.9. The lowest BCUT2D eigenvalue weighted by Crippen LogP contribution is -1.94. The quantitative estimate of drug-likeness (QED) is 0.352. The van der Waals surface area contributed by atoms with E-state index in [9.17, 15) is 20.2 Å². The third-order valence-electron chi connectivity index (χ3n) is 4.24. The molecule has 0 fully saturated rings. The largest absolute Gasteiger partial charge is 0.416 e. The molecule has 0 aliphatic heterocycles. The summed E-state index contributed by atoms with van der Waals surface area (Å²) in [7, 11) is 0. The van der Waals surface area contributed by atoms with Crippen molar-refractivity contribution < 1.29 is 14.3 Å². The third-order valence-corrected chi connectivity index (χ3v) is 4.24. The van der Waals surface area contributed by atoms with Gasteiger partial charge in [-0.1, -0.05) is 42.5 Å². The molecule has 0 N–H and O–H groups in total. The van der Waals surface area contributed by atoms with Crippen molar-refractivity contribution in [3.63, 3.8) is 0 Å². The molecule has 0 amide bonds. The van der Waals surface area contributed by atoms with Crippen molar-refractivity contribution in [2.75, 3.05) is 0 Å². The van der Waals surface area contributed by atoms with E-state index in [4.69, 9.17) is 4.42 Å². The van der Waals surface area contributed by atoms with Crippen molar-refractivity contribution in [1.29, 1.82) is 0 Å². The van der Waals surface area contributed by atoms with Gasteiger partial charge in [-0.05, 0) is 23.3 Å². The van der Waals surface area contributed by atoms with Crippen molar-refractivity contribution in [1.82, 2.24) is 10.2 Å². The zero-order valence-electron chi connectivity index (χ0n) is 14.8. The molecule has 9 heteroatoms. The fourth-order valence-corrected chi connectivity index (χ4v) is 2.82. The Morgan fingerprint density at radius 2 is 1.10 bits per heavy atom. The molecule has 4 aromatic rings. The van der Waals surface area contributed by atoms with Crippen LogP contribution in [0.3, 0.4) is 0 Å². The van der Waals surface area contributed by atoms with E-state index in [1.54, 1.807) is 0 Å². The molecule has 1 heterocycles. The van der Waals surface area contributed by atoms with Crippen LogP contribution in [0.5, 0.6) is 0 Å². The number of nitro benzene ring substituents is 2. The number of hydrogen-bond donors (Lipinski definition) is 0. The van der Waals surface area contributed by atoms with Crippen molar-refractivity contribution in [3.8, 4) is 34.0 Å². The van der Waals surface area contributed by atoms with Crippen LogP contribution in [0.2, 0.25) is 0 Å². The number of benzene rings is 3. The predicted molar refractivity (Wildman–Crippen MR) is 104 cm³/mol. The van der Waals surface area contributed by atoms with E-state index >= 15 is 0 Å². The van der Waals surface area contributed by atoms with Crippen molar-refractivity contribution >= 4 is 11.4 Å². The second-order valence-electron chi connectivity index (χ2n) is 6.11. The zero-order chi connectivity index (χ0) is 20.4. The minimum atomic E-state index is -0.712. The normalized spacial score (nSPS) is 10.6. The fourth-order valence-electron chi connectivity index (χ4n) is 2.82. The van der Waals surface area contributed by atoms with Crippen LogP contribution >= 0.6 is 0 Å². The number of rotatable bonds is 5. The summed E-state index contributed by atoms with van der Waals surface area (Å²) >= 11 is 0. The molecule has 0 aliphatic rings. The van der Waals surface area contributed by atoms with Crippen LogP contribution < -0.4 is 0 Å². The molecular formula is C20H12N4O5. The van der Waals surface area contributed by atoms with Gasteiger partial charge in [0.05, 0.1) is 21.5 Å². The van der Waals surface area contributed by atoms with Gasteiger partial charge >= 0.3 is 0 Å². The molecular weight excluding hydrogens is 376 g/mol. The minimum Gasteiger partial charge on any atom is -0.416 e. The summed E-state index contributed by atoms with van der Waals surface area (Å²) in [6.45, 7) is 0. The molecule has 9 nitrogen and oxygen atoms in total. The second-order valence-corrected chi connectivity index (χ2v) is 6.11. The Morgan fingerprint density at radius 3 is 1.66 bits per heavy atom. The highest BCUT2D eigenvalue weighted by Gasteiger charge is 2.20. The lowest BCUT2D eigenvalue weighted by Gasteiger charge is -2.02. The van der Waals surface area contributed by atoms with Gasteiger partial charge in [0.25, 0.3) is 11.4 Å². The van der Waals surface area contributed by atoms with Gasteiger partial charge in [-0.25, -0.2) is 0 Å². The highest BCUT2D eigenvalue weighted by molar-refractivity contribution is 5.68. The minimum absolute atomic E-state index is 0.0427. The number of aromatic nitrogens is 2. The highest BCUT2D eigenvalue weighted by Crippen LogP contribution is 2.31. The van der Waals surface area contributed by atoms with Gasteiger partial charge < -0.3 is 4.42 Å². The van der Waals surface area contributed by atoms with E-state index in [0.717, 1.165) is 29.3 Å². The van der Waals surface area contributed by atoms with Crippen molar-refractivity contribution in [2.45, 2.75) is 0 Å². The molecule has 0 saturated heterocycles. The number of nitrogens with zero attached hydrogens (tertiary/aromatic N) is 4. The standard InChI is InChI=1S/C20H12N4O5/c25-23(26)17-10-16(11-18(12-17)24(27)28)20-22-21-19(29-20)15-8-6-14(7-9-15)13-4-2-1-3-5-13/h1-12H. The van der Waals surface area contributed by atoms with Crippen LogP contribution in [0.25, 0.3) is 34.0 Å². The monoisotopic (exact) mass is 388 g/mol. The molecule has 0 saturated carbocycles. The van der Waals surface area contributed by atoms with Crippen LogP contribution in [0.15, 0.2) is 77.2 Å². The van der Waals surface area contributed by atoms with Crippen molar-refractivity contribution in [3.05, 3.63) is 93.0 Å². The summed E-state index contributed by atoms with van der Waals surface area (Å²) in [6, 6.07) is 20.5. The maximum Gasteiger partial charge on any atom is 0.277 e. The van der Waals surface area contributed by atoms with E-state index in [-0.39, 0.29) is 17.3 Å². The lowest BCUT2D eigenvalue weighted by atomic mass is 10.0. The Kier molecular flexibility index (Phi) is 4.54. The van der Waals surface area contributed by atoms with E-state index in [2.05, 4.69) is 10.2 Å². The molecule has 29 heavy (non-hydrogen) atoms. The van der Waals surface area contributed by atoms with Gasteiger partial charge in [-0.15, -0.1) is 10.2 Å². The molecule has 0 bridgehead atoms. The average Bonchev–Trinajstić information content (AvgIpc) is 3.24. The highest BCUT2D eigenvalue weighted by atomic mass is 16.6. The van der Waals surface area contributed by atoms with Gasteiger partial charge in [0.1, 0.15) is 0 Å². The van der Waals surface area contributed by atoms with E-state index in [1.807, 2.05) is 54.6 Å². The topological polar surface area (TPSA) is 125 Å². The summed E-state index contributed by atoms with van der Waals surface area (Å²) in [4.78, 5) is 20.7. The predicted octanol–water partition coefficient (Wildman–Crippen LogP) is 4.89. The van der Waals surface area contributed by atoms with Crippen LogP contribution in [-0.2, 0) is 0 Å². The maximum atomic E-state index is 11.1. The van der Waals surface area contributed by atoms with Gasteiger partial charge in [-0.3, -0.25) is 20.2 Å². The number of nitro groups is 2. The maximum absolute atomic E-state index is 11.1. The summed E-state index contributed by atoms with van der Waals surface area (Å²) < 4.78 is 5.60. The van der Waals surface area contributed by atoms with E-state index in [0.29, 0.717) is 5.56 Å². The van der Waals surface area contributed by atoms with Crippen LogP contribution in [-0.4, -0.2) is 20.0 Å². The molecule has 0 radical (unpaired) electrons. The Labute approximate surface area is 163 Å². The Morgan fingerprint density at radius 1 is 0.621 bits per heavy atom. The molecule has 0 atom stereocenters. The zero-order valence-corrected chi connectivity index (χ0v) is 14.8. The first-order valence-electron chi connectivity index (χ1n) is 8.45. The molecule has 142 valence electrons. The molecule has 0 unspecified atom stereocenters. The smallest absolute Gasteiger partial charge is 0.277 e. The van der Waals surface area contributed by atoms with Gasteiger partial charge in [0.2, 0.25) is 11.8 Å². The van der Waals surface area contributed by atoms with Gasteiger partial charge in [-0.2, -0.15) is 0 Å². The Balaban J connectivity index is 1.67. The van der Waals surface area contributed by atoms with E-state index < -0.39 is 21.2 Å². The molecule has 1 aromatic heterocycles. The second kappa shape index (κ2) is 7.31. The van der Waals surface area contributed by atoms with Crippen LogP contribution in [0.4, 0.5) is 11.4 Å². The van der Waals surface area contributed by atoms with E-state index in [1.165, 1.54) is 0 Å². The first-order valence-corrected chi connectivity index (χ1v) is 8.45. The van der Waals surface area contributed by atoms with Crippen LogP contribution in [0.1, 0.15) is 0 Å². The molecule has 0 spiro atoms. The molecule has 4 rings (SSSR count). The Hall–Kier alpha value is -4.40. The lowest BCUT2D eigenvalue weighted by molar-refractivity contribution is -0.394. The Bertz CT molecular complexity index is 1170.